The molecule has 1 unspecified atom stereocenters. The Morgan fingerprint density at radius 3 is 1.70 bits per heavy atom. The summed E-state index contributed by atoms with van der Waals surface area (Å²) in [6.45, 7) is 0. The number of hydrogen-bond donors (Lipinski definition) is 0. The van der Waals surface area contributed by atoms with E-state index in [1.54, 1.807) is 0 Å². The molecule has 0 aromatic heterocycles. The van der Waals surface area contributed by atoms with E-state index in [-0.39, 0.29) is 35.2 Å². The van der Waals surface area contributed by atoms with E-state index in [2.05, 4.69) is 0 Å². The summed E-state index contributed by atoms with van der Waals surface area (Å²) in [5, 5.41) is -1.58. The first kappa shape index (κ1) is 19.9. The van der Waals surface area contributed by atoms with Crippen LogP contribution in [-0.2, 0) is 0 Å². The highest BCUT2D eigenvalue weighted by Gasteiger charge is 2.51. The van der Waals surface area contributed by atoms with Crippen molar-refractivity contribution in [2.75, 3.05) is 0 Å². The molecule has 0 spiro atoms. The average molecular weight is 477 g/mol. The predicted molar refractivity (Wildman–Crippen MR) is 94.2 cm³/mol. The highest BCUT2D eigenvalue weighted by Crippen LogP contribution is 2.56. The van der Waals surface area contributed by atoms with Gasteiger partial charge in [-0.2, -0.15) is 0 Å². The van der Waals surface area contributed by atoms with Gasteiger partial charge in [0, 0.05) is 5.54 Å². The van der Waals surface area contributed by atoms with Crippen LogP contribution in [0.3, 0.4) is 0 Å². The quantitative estimate of drug-likeness (QED) is 0.286. The number of rotatable bonds is 3. The number of allylic oxidation sites excluding steroid dienone is 7. The van der Waals surface area contributed by atoms with E-state index < -0.39 is 10.3 Å². The van der Waals surface area contributed by atoms with Crippen LogP contribution in [0.1, 0.15) is 0 Å². The molecule has 0 amide bonds. The number of alkyl halides is 2. The van der Waals surface area contributed by atoms with Crippen LogP contribution in [0.15, 0.2) is 40.8 Å². The fourth-order valence-corrected chi connectivity index (χ4v) is 4.20. The van der Waals surface area contributed by atoms with E-state index in [0.29, 0.717) is 0 Å². The van der Waals surface area contributed by atoms with Gasteiger partial charge >= 0.3 is 0 Å². The van der Waals surface area contributed by atoms with E-state index >= 15 is 0 Å². The fraction of sp³-hybridized carbons (Fsp3) is 0.200. The zero-order valence-corrected chi connectivity index (χ0v) is 16.5. The van der Waals surface area contributed by atoms with E-state index in [1.165, 1.54) is 0 Å². The summed E-state index contributed by atoms with van der Waals surface area (Å²) < 4.78 is 0. The zero-order chi connectivity index (χ0) is 15.8. The summed E-state index contributed by atoms with van der Waals surface area (Å²) in [7, 11) is 0. The van der Waals surface area contributed by atoms with E-state index in [4.69, 9.17) is 116 Å². The normalized spacial score (nSPS) is 22.4. The summed E-state index contributed by atoms with van der Waals surface area (Å²) >= 11 is 59.6. The molecule has 0 aromatic carbocycles. The van der Waals surface area contributed by atoms with Crippen molar-refractivity contribution in [2.24, 2.45) is 0 Å². The number of hydrogen-bond acceptors (Lipinski definition) is 0. The maximum Gasteiger partial charge on any atom is 0.140 e. The van der Waals surface area contributed by atoms with Gasteiger partial charge in [-0.1, -0.05) is 92.8 Å². The molecule has 20 heavy (non-hydrogen) atoms. The van der Waals surface area contributed by atoms with E-state index in [0.717, 1.165) is 5.54 Å². The summed E-state index contributed by atoms with van der Waals surface area (Å²) in [6, 6.07) is 0. The molecule has 1 rings (SSSR count). The third-order valence-corrected chi connectivity index (χ3v) is 7.52. The van der Waals surface area contributed by atoms with Gasteiger partial charge in [-0.3, -0.25) is 0 Å². The van der Waals surface area contributed by atoms with Crippen molar-refractivity contribution in [3.05, 3.63) is 40.8 Å². The average Bonchev–Trinajstić information content (AvgIpc) is 2.60. The van der Waals surface area contributed by atoms with Crippen LogP contribution >= 0.6 is 116 Å². The molecule has 0 bridgehead atoms. The molecular formula is C10H2Cl10. The minimum Gasteiger partial charge on any atom is -0.114 e. The third-order valence-electron chi connectivity index (χ3n) is 2.30. The molecule has 0 N–H and O–H groups in total. The summed E-state index contributed by atoms with van der Waals surface area (Å²) in [6.07, 6.45) is 0. The molecule has 0 aliphatic heterocycles. The number of halogens is 10. The van der Waals surface area contributed by atoms with Gasteiger partial charge in [0.05, 0.1) is 35.2 Å². The Kier molecular flexibility index (Phi) is 7.58. The maximum absolute atomic E-state index is 6.35. The first-order valence-electron chi connectivity index (χ1n) is 4.56. The Bertz CT molecular complexity index is 528. The Labute approximate surface area is 165 Å². The lowest BCUT2D eigenvalue weighted by molar-refractivity contribution is 0.854. The van der Waals surface area contributed by atoms with Gasteiger partial charge in [0.25, 0.3) is 0 Å². The SMILES string of the molecule is ClC=C(Cl)C(Cl)=C(Cl)C(Cl)C1(Cl)C(Cl)=C(Cl)C(Cl)=C1Cl. The molecular weight excluding hydrogens is 475 g/mol. The minimum absolute atomic E-state index is 0.0152. The van der Waals surface area contributed by atoms with Gasteiger partial charge < -0.3 is 0 Å². The molecule has 0 saturated heterocycles. The Hall–Kier alpha value is 1.86. The predicted octanol–water partition coefficient (Wildman–Crippen LogP) is 7.97. The lowest BCUT2D eigenvalue weighted by Gasteiger charge is -2.28. The molecule has 0 radical (unpaired) electrons. The van der Waals surface area contributed by atoms with Crippen molar-refractivity contribution in [3.8, 4) is 0 Å². The summed E-state index contributed by atoms with van der Waals surface area (Å²) in [5.41, 5.74) is 1.01. The lowest BCUT2D eigenvalue weighted by atomic mass is 10.0. The monoisotopic (exact) mass is 472 g/mol. The fourth-order valence-electron chi connectivity index (χ4n) is 1.28. The van der Waals surface area contributed by atoms with Crippen LogP contribution in [0.2, 0.25) is 0 Å². The Balaban J connectivity index is 3.39. The van der Waals surface area contributed by atoms with Crippen molar-refractivity contribution < 1.29 is 0 Å². The molecule has 0 heterocycles. The van der Waals surface area contributed by atoms with Crippen LogP contribution in [0, 0.1) is 0 Å². The first-order chi connectivity index (χ1) is 9.10. The molecule has 0 nitrogen and oxygen atoms in total. The van der Waals surface area contributed by atoms with Crippen molar-refractivity contribution in [1.82, 2.24) is 0 Å². The standard InChI is InChI=1S/C10H2Cl10/c11-1-2(12)3(13)4(14)7(17)10(20)8(18)5(15)6(16)9(10)19/h1,7H. The maximum atomic E-state index is 6.35. The first-order valence-corrected chi connectivity index (χ1v) is 8.46. The van der Waals surface area contributed by atoms with Crippen LogP contribution in [-0.4, -0.2) is 10.3 Å². The molecule has 1 aliphatic rings. The van der Waals surface area contributed by atoms with Crippen LogP contribution in [0.5, 0.6) is 0 Å². The molecule has 0 saturated carbocycles. The van der Waals surface area contributed by atoms with Crippen LogP contribution in [0.4, 0.5) is 0 Å². The van der Waals surface area contributed by atoms with Gasteiger partial charge in [0.2, 0.25) is 0 Å². The molecule has 10 heteroatoms. The second-order valence-corrected chi connectivity index (χ2v) is 7.40. The topological polar surface area (TPSA) is 0 Å². The van der Waals surface area contributed by atoms with Gasteiger partial charge in [0.15, 0.2) is 0 Å². The van der Waals surface area contributed by atoms with Crippen LogP contribution in [0.25, 0.3) is 0 Å². The van der Waals surface area contributed by atoms with Crippen molar-refractivity contribution >= 4 is 116 Å². The largest absolute Gasteiger partial charge is 0.140 e. The molecule has 0 aromatic rings. The second kappa shape index (κ2) is 7.62. The highest BCUT2D eigenvalue weighted by molar-refractivity contribution is 6.61. The Morgan fingerprint density at radius 2 is 1.35 bits per heavy atom. The van der Waals surface area contributed by atoms with Crippen molar-refractivity contribution in [1.29, 1.82) is 0 Å². The molecule has 1 atom stereocenters. The van der Waals surface area contributed by atoms with Gasteiger partial charge in [-0.15, -0.1) is 23.2 Å². The van der Waals surface area contributed by atoms with Gasteiger partial charge in [-0.05, 0) is 0 Å². The second-order valence-electron chi connectivity index (χ2n) is 3.45. The minimum atomic E-state index is -1.64. The van der Waals surface area contributed by atoms with Gasteiger partial charge in [-0.25, -0.2) is 0 Å². The highest BCUT2D eigenvalue weighted by atomic mass is 35.5. The Morgan fingerprint density at radius 1 is 0.950 bits per heavy atom. The lowest BCUT2D eigenvalue weighted by Crippen LogP contribution is -2.33. The summed E-state index contributed by atoms with van der Waals surface area (Å²) in [4.78, 5) is -1.64. The molecule has 1 aliphatic carbocycles. The third kappa shape index (κ3) is 3.36. The van der Waals surface area contributed by atoms with Crippen molar-refractivity contribution in [2.45, 2.75) is 10.3 Å². The van der Waals surface area contributed by atoms with E-state index in [1.807, 2.05) is 0 Å². The molecule has 0 fully saturated rings. The molecule has 112 valence electrons. The van der Waals surface area contributed by atoms with Crippen molar-refractivity contribution in [3.63, 3.8) is 0 Å². The van der Waals surface area contributed by atoms with Gasteiger partial charge in [0.1, 0.15) is 10.3 Å². The summed E-state index contributed by atoms with van der Waals surface area (Å²) in [5.74, 6) is 0. The zero-order valence-electron chi connectivity index (χ0n) is 8.93. The smallest absolute Gasteiger partial charge is 0.114 e. The van der Waals surface area contributed by atoms with E-state index in [9.17, 15) is 0 Å². The van der Waals surface area contributed by atoms with Crippen LogP contribution < -0.4 is 0 Å².